The van der Waals surface area contributed by atoms with E-state index in [0.29, 0.717) is 42.9 Å². The molecule has 0 spiro atoms. The van der Waals surface area contributed by atoms with Crippen LogP contribution in [0.2, 0.25) is 0 Å². The summed E-state index contributed by atoms with van der Waals surface area (Å²) in [6.07, 6.45) is 1.29. The van der Waals surface area contributed by atoms with Gasteiger partial charge in [-0.25, -0.2) is 9.78 Å². The molecular formula is C16H23N3O3. The third kappa shape index (κ3) is 3.55. The summed E-state index contributed by atoms with van der Waals surface area (Å²) >= 11 is 0. The molecule has 1 N–H and O–H groups in total. The molecule has 1 atom stereocenters. The Morgan fingerprint density at radius 2 is 2.23 bits per heavy atom. The summed E-state index contributed by atoms with van der Waals surface area (Å²) in [6, 6.07) is 3.24. The van der Waals surface area contributed by atoms with Crippen LogP contribution in [0.3, 0.4) is 0 Å². The van der Waals surface area contributed by atoms with E-state index < -0.39 is 0 Å². The summed E-state index contributed by atoms with van der Waals surface area (Å²) in [6.45, 7) is 7.53. The van der Waals surface area contributed by atoms with Crippen molar-refractivity contribution in [2.24, 2.45) is 5.92 Å². The van der Waals surface area contributed by atoms with Crippen LogP contribution < -0.4 is 15.0 Å². The normalized spacial score (nSPS) is 15.2. The highest BCUT2D eigenvalue weighted by Gasteiger charge is 2.29. The molecule has 6 heteroatoms. The fraction of sp³-hybridized carbons (Fsp3) is 0.562. The maximum Gasteiger partial charge on any atom is 0.321 e. The lowest BCUT2D eigenvalue weighted by atomic mass is 10.1. The fourth-order valence-electron chi connectivity index (χ4n) is 2.25. The van der Waals surface area contributed by atoms with Gasteiger partial charge in [0, 0.05) is 25.6 Å². The number of urea groups is 1. The second-order valence-electron chi connectivity index (χ2n) is 5.47. The fourth-order valence-corrected chi connectivity index (χ4v) is 2.25. The van der Waals surface area contributed by atoms with Gasteiger partial charge in [-0.15, -0.1) is 0 Å². The van der Waals surface area contributed by atoms with Crippen LogP contribution in [-0.2, 0) is 0 Å². The minimum Gasteiger partial charge on any atom is -0.478 e. The van der Waals surface area contributed by atoms with Crippen LogP contribution in [0.1, 0.15) is 44.1 Å². The molecule has 22 heavy (non-hydrogen) atoms. The van der Waals surface area contributed by atoms with Crippen LogP contribution >= 0.6 is 0 Å². The third-order valence-electron chi connectivity index (χ3n) is 3.80. The first kappa shape index (κ1) is 16.3. The minimum absolute atomic E-state index is 0.0532. The Morgan fingerprint density at radius 3 is 2.91 bits per heavy atom. The lowest BCUT2D eigenvalue weighted by Gasteiger charge is -2.28. The monoisotopic (exact) mass is 305 g/mol. The van der Waals surface area contributed by atoms with Crippen LogP contribution in [-0.4, -0.2) is 36.5 Å². The summed E-state index contributed by atoms with van der Waals surface area (Å²) in [7, 11) is 0. The number of anilines is 1. The molecule has 0 fully saturated rings. The van der Waals surface area contributed by atoms with Crippen LogP contribution in [0.25, 0.3) is 0 Å². The number of aromatic nitrogens is 1. The number of nitrogens with one attached hydrogen (secondary N) is 1. The van der Waals surface area contributed by atoms with Crippen molar-refractivity contribution in [3.05, 3.63) is 17.8 Å². The Balaban J connectivity index is 2.17. The molecule has 0 radical (unpaired) electrons. The smallest absolute Gasteiger partial charge is 0.321 e. The lowest BCUT2D eigenvalue weighted by molar-refractivity contribution is 0.0974. The van der Waals surface area contributed by atoms with Gasteiger partial charge in [0.1, 0.15) is 5.69 Å². The van der Waals surface area contributed by atoms with Gasteiger partial charge in [-0.2, -0.15) is 0 Å². The van der Waals surface area contributed by atoms with E-state index in [1.54, 1.807) is 17.0 Å². The zero-order chi connectivity index (χ0) is 16.1. The van der Waals surface area contributed by atoms with Crippen molar-refractivity contribution in [1.82, 2.24) is 10.3 Å². The largest absolute Gasteiger partial charge is 0.478 e. The van der Waals surface area contributed by atoms with Crippen molar-refractivity contribution in [3.63, 3.8) is 0 Å². The first-order chi connectivity index (χ1) is 10.6. The molecule has 2 rings (SSSR count). The van der Waals surface area contributed by atoms with Gasteiger partial charge in [-0.3, -0.25) is 9.69 Å². The van der Waals surface area contributed by atoms with Crippen molar-refractivity contribution >= 4 is 17.5 Å². The molecule has 2 heterocycles. The summed E-state index contributed by atoms with van der Waals surface area (Å²) < 4.78 is 5.33. The molecule has 120 valence electrons. The molecule has 0 saturated heterocycles. The third-order valence-corrected chi connectivity index (χ3v) is 3.80. The molecule has 6 nitrogen and oxygen atoms in total. The average molecular weight is 305 g/mol. The first-order valence-electron chi connectivity index (χ1n) is 7.79. The minimum atomic E-state index is -0.181. The predicted octanol–water partition coefficient (Wildman–Crippen LogP) is 2.63. The number of amides is 2. The SMILES string of the molecule is CCOc1ccc2c(n1)C(=O)CCN2C(=O)NCC(C)CC. The Kier molecular flexibility index (Phi) is 5.35. The zero-order valence-corrected chi connectivity index (χ0v) is 13.4. The van der Waals surface area contributed by atoms with E-state index in [4.69, 9.17) is 4.74 Å². The van der Waals surface area contributed by atoms with Gasteiger partial charge in [-0.1, -0.05) is 20.3 Å². The van der Waals surface area contributed by atoms with Crippen LogP contribution in [0.4, 0.5) is 10.5 Å². The van der Waals surface area contributed by atoms with Gasteiger partial charge in [0.15, 0.2) is 5.78 Å². The number of Topliss-reactive ketones (excluding diaryl/α,β-unsaturated/α-hetero) is 1. The molecular weight excluding hydrogens is 282 g/mol. The molecule has 0 bridgehead atoms. The second-order valence-corrected chi connectivity index (χ2v) is 5.47. The molecule has 1 aliphatic rings. The second kappa shape index (κ2) is 7.24. The highest BCUT2D eigenvalue weighted by atomic mass is 16.5. The quantitative estimate of drug-likeness (QED) is 0.907. The van der Waals surface area contributed by atoms with Gasteiger partial charge in [0.05, 0.1) is 12.3 Å². The van der Waals surface area contributed by atoms with E-state index in [1.165, 1.54) is 0 Å². The van der Waals surface area contributed by atoms with Gasteiger partial charge in [0.2, 0.25) is 5.88 Å². The Labute approximate surface area is 130 Å². The van der Waals surface area contributed by atoms with Gasteiger partial charge < -0.3 is 10.1 Å². The van der Waals surface area contributed by atoms with E-state index in [2.05, 4.69) is 24.1 Å². The maximum absolute atomic E-state index is 12.3. The molecule has 1 aliphatic heterocycles. The van der Waals surface area contributed by atoms with Crippen LogP contribution in [0.15, 0.2) is 12.1 Å². The van der Waals surface area contributed by atoms with Crippen LogP contribution in [0, 0.1) is 5.92 Å². The van der Waals surface area contributed by atoms with Gasteiger partial charge >= 0.3 is 6.03 Å². The standard InChI is InChI=1S/C16H23N3O3/c1-4-11(3)10-17-16(21)19-9-8-13(20)15-12(19)6-7-14(18-15)22-5-2/h6-7,11H,4-5,8-10H2,1-3H3,(H,17,21). The molecule has 1 unspecified atom stereocenters. The number of carbonyl (C=O) groups is 2. The van der Waals surface area contributed by atoms with Crippen molar-refractivity contribution in [2.75, 3.05) is 24.6 Å². The number of carbonyl (C=O) groups excluding carboxylic acids is 2. The molecule has 0 aromatic carbocycles. The van der Waals surface area contributed by atoms with E-state index in [-0.39, 0.29) is 18.2 Å². The number of ether oxygens (including phenoxy) is 1. The van der Waals surface area contributed by atoms with Crippen molar-refractivity contribution in [2.45, 2.75) is 33.6 Å². The van der Waals surface area contributed by atoms with Gasteiger partial charge in [0.25, 0.3) is 0 Å². The molecule has 1 aromatic heterocycles. The first-order valence-corrected chi connectivity index (χ1v) is 7.79. The van der Waals surface area contributed by atoms with Crippen molar-refractivity contribution < 1.29 is 14.3 Å². The topological polar surface area (TPSA) is 71.5 Å². The number of hydrogen-bond acceptors (Lipinski definition) is 4. The summed E-state index contributed by atoms with van der Waals surface area (Å²) in [5.41, 5.74) is 0.872. The summed E-state index contributed by atoms with van der Waals surface area (Å²) in [5.74, 6) is 0.785. The Bertz CT molecular complexity index is 560. The predicted molar refractivity (Wildman–Crippen MR) is 84.6 cm³/mol. The molecule has 1 aromatic rings. The number of pyridine rings is 1. The zero-order valence-electron chi connectivity index (χ0n) is 13.4. The van der Waals surface area contributed by atoms with E-state index in [1.807, 2.05) is 6.92 Å². The van der Waals surface area contributed by atoms with Crippen molar-refractivity contribution in [1.29, 1.82) is 0 Å². The Morgan fingerprint density at radius 1 is 1.45 bits per heavy atom. The Hall–Kier alpha value is -2.11. The molecule has 0 saturated carbocycles. The van der Waals surface area contributed by atoms with E-state index in [9.17, 15) is 9.59 Å². The van der Waals surface area contributed by atoms with E-state index in [0.717, 1.165) is 6.42 Å². The molecule has 0 aliphatic carbocycles. The lowest BCUT2D eigenvalue weighted by Crippen LogP contribution is -2.45. The maximum atomic E-state index is 12.3. The molecule has 2 amide bonds. The van der Waals surface area contributed by atoms with Crippen molar-refractivity contribution in [3.8, 4) is 5.88 Å². The van der Waals surface area contributed by atoms with E-state index >= 15 is 0 Å². The summed E-state index contributed by atoms with van der Waals surface area (Å²) in [4.78, 5) is 30.2. The van der Waals surface area contributed by atoms with Crippen LogP contribution in [0.5, 0.6) is 5.88 Å². The summed E-state index contributed by atoms with van der Waals surface area (Å²) in [5, 5.41) is 2.92. The highest BCUT2D eigenvalue weighted by Crippen LogP contribution is 2.27. The average Bonchev–Trinajstić information content (AvgIpc) is 2.53. The number of ketones is 1. The van der Waals surface area contributed by atoms with Gasteiger partial charge in [-0.05, 0) is 18.9 Å². The highest BCUT2D eigenvalue weighted by molar-refractivity contribution is 6.07. The number of nitrogens with zero attached hydrogens (tertiary/aromatic N) is 2. The number of rotatable bonds is 5. The number of fused-ring (bicyclic) bond motifs is 1. The number of hydrogen-bond donors (Lipinski definition) is 1.